The fourth-order valence-electron chi connectivity index (χ4n) is 2.74. The van der Waals surface area contributed by atoms with Gasteiger partial charge >= 0.3 is 0 Å². The third-order valence-electron chi connectivity index (χ3n) is 4.15. The summed E-state index contributed by atoms with van der Waals surface area (Å²) in [6, 6.07) is 10.9. The van der Waals surface area contributed by atoms with Gasteiger partial charge in [-0.2, -0.15) is 0 Å². The smallest absolute Gasteiger partial charge is 0.289 e. The molecule has 3 rings (SSSR count). The molecule has 1 aromatic heterocycles. The van der Waals surface area contributed by atoms with Crippen molar-refractivity contribution in [3.8, 4) is 0 Å². The number of anilines is 1. The van der Waals surface area contributed by atoms with Crippen molar-refractivity contribution < 1.29 is 14.0 Å². The molecule has 25 heavy (non-hydrogen) atoms. The average Bonchev–Trinajstić information content (AvgIpc) is 3.17. The number of piperazine rings is 1. The van der Waals surface area contributed by atoms with Crippen molar-refractivity contribution in [3.63, 3.8) is 0 Å². The predicted molar refractivity (Wildman–Crippen MR) is 97.4 cm³/mol. The van der Waals surface area contributed by atoms with Gasteiger partial charge in [-0.15, -0.1) is 11.8 Å². The predicted octanol–water partition coefficient (Wildman–Crippen LogP) is 2.33. The molecule has 2 aromatic rings. The van der Waals surface area contributed by atoms with Gasteiger partial charge in [-0.25, -0.2) is 0 Å². The Morgan fingerprint density at radius 3 is 2.32 bits per heavy atom. The Bertz CT molecular complexity index is 723. The van der Waals surface area contributed by atoms with Crippen LogP contribution in [0.2, 0.25) is 0 Å². The van der Waals surface area contributed by atoms with Gasteiger partial charge in [-0.1, -0.05) is 0 Å². The zero-order chi connectivity index (χ0) is 17.8. The van der Waals surface area contributed by atoms with Crippen LogP contribution in [0.15, 0.2) is 52.0 Å². The molecule has 0 bridgehead atoms. The van der Waals surface area contributed by atoms with E-state index in [1.165, 1.54) is 18.0 Å². The van der Waals surface area contributed by atoms with E-state index in [2.05, 4.69) is 0 Å². The number of benzene rings is 1. The van der Waals surface area contributed by atoms with Gasteiger partial charge in [-0.05, 0) is 43.3 Å². The maximum absolute atomic E-state index is 12.6. The van der Waals surface area contributed by atoms with E-state index in [0.29, 0.717) is 37.6 Å². The number of nitrogen functional groups attached to an aromatic ring is 1. The van der Waals surface area contributed by atoms with E-state index >= 15 is 0 Å². The molecular weight excluding hydrogens is 338 g/mol. The summed E-state index contributed by atoms with van der Waals surface area (Å²) in [6.07, 6.45) is 1.49. The Kier molecular flexibility index (Phi) is 5.33. The summed E-state index contributed by atoms with van der Waals surface area (Å²) in [7, 11) is 0. The van der Waals surface area contributed by atoms with Crippen molar-refractivity contribution in [3.05, 3.63) is 48.4 Å². The summed E-state index contributed by atoms with van der Waals surface area (Å²) in [5, 5.41) is -0.184. The second-order valence-corrected chi connectivity index (χ2v) is 7.34. The van der Waals surface area contributed by atoms with Crippen molar-refractivity contribution in [2.45, 2.75) is 17.1 Å². The number of hydrogen-bond acceptors (Lipinski definition) is 5. The lowest BCUT2D eigenvalue weighted by Crippen LogP contribution is -2.52. The van der Waals surface area contributed by atoms with E-state index in [1.807, 2.05) is 36.1 Å². The van der Waals surface area contributed by atoms with E-state index < -0.39 is 0 Å². The van der Waals surface area contributed by atoms with Crippen LogP contribution in [0.5, 0.6) is 0 Å². The van der Waals surface area contributed by atoms with Crippen molar-refractivity contribution in [1.82, 2.24) is 9.80 Å². The molecule has 1 aliphatic heterocycles. The number of hydrogen-bond donors (Lipinski definition) is 1. The molecule has 1 fully saturated rings. The van der Waals surface area contributed by atoms with E-state index in [9.17, 15) is 9.59 Å². The molecule has 1 aromatic carbocycles. The number of thioether (sulfide) groups is 1. The van der Waals surface area contributed by atoms with E-state index in [0.717, 1.165) is 4.90 Å². The first-order chi connectivity index (χ1) is 12.0. The minimum absolute atomic E-state index is 0.0897. The van der Waals surface area contributed by atoms with Gasteiger partial charge in [0, 0.05) is 36.8 Å². The molecule has 0 saturated carbocycles. The standard InChI is InChI=1S/C18H21N3O3S/c1-13(25-15-6-4-14(19)5-7-15)17(22)20-8-10-21(11-9-20)18(23)16-3-2-12-24-16/h2-7,12-13H,8-11,19H2,1H3. The first-order valence-electron chi connectivity index (χ1n) is 8.18. The molecule has 1 atom stereocenters. The van der Waals surface area contributed by atoms with Crippen molar-refractivity contribution >= 4 is 29.3 Å². The van der Waals surface area contributed by atoms with Crippen LogP contribution in [0.4, 0.5) is 5.69 Å². The molecule has 2 amide bonds. The number of carbonyl (C=O) groups excluding carboxylic acids is 2. The highest BCUT2D eigenvalue weighted by Crippen LogP contribution is 2.25. The summed E-state index contributed by atoms with van der Waals surface area (Å²) < 4.78 is 5.15. The molecule has 2 heterocycles. The van der Waals surface area contributed by atoms with Crippen molar-refractivity contribution in [2.75, 3.05) is 31.9 Å². The second kappa shape index (κ2) is 7.65. The maximum Gasteiger partial charge on any atom is 0.289 e. The lowest BCUT2D eigenvalue weighted by Gasteiger charge is -2.35. The molecule has 1 unspecified atom stereocenters. The van der Waals surface area contributed by atoms with E-state index in [4.69, 9.17) is 10.2 Å². The number of furan rings is 1. The van der Waals surface area contributed by atoms with E-state index in [-0.39, 0.29) is 17.1 Å². The third kappa shape index (κ3) is 4.17. The molecule has 1 aliphatic rings. The Hall–Kier alpha value is -2.41. The van der Waals surface area contributed by atoms with Crippen LogP contribution in [0.1, 0.15) is 17.5 Å². The summed E-state index contributed by atoms with van der Waals surface area (Å²) in [5.74, 6) is 0.306. The molecular formula is C18H21N3O3S. The fourth-order valence-corrected chi connectivity index (χ4v) is 3.70. The monoisotopic (exact) mass is 359 g/mol. The lowest BCUT2D eigenvalue weighted by molar-refractivity contribution is -0.131. The number of carbonyl (C=O) groups is 2. The highest BCUT2D eigenvalue weighted by molar-refractivity contribution is 8.00. The molecule has 1 saturated heterocycles. The van der Waals surface area contributed by atoms with Crippen molar-refractivity contribution in [1.29, 1.82) is 0 Å². The molecule has 6 nitrogen and oxygen atoms in total. The zero-order valence-corrected chi connectivity index (χ0v) is 14.9. The minimum atomic E-state index is -0.184. The van der Waals surface area contributed by atoms with E-state index in [1.54, 1.807) is 17.0 Å². The topological polar surface area (TPSA) is 79.8 Å². The van der Waals surface area contributed by atoms with Crippen LogP contribution in [0, 0.1) is 0 Å². The minimum Gasteiger partial charge on any atom is -0.459 e. The van der Waals surface area contributed by atoms with Crippen LogP contribution >= 0.6 is 11.8 Å². The summed E-state index contributed by atoms with van der Waals surface area (Å²) >= 11 is 1.52. The highest BCUT2D eigenvalue weighted by Gasteiger charge is 2.28. The van der Waals surface area contributed by atoms with Gasteiger partial charge in [0.1, 0.15) is 0 Å². The quantitative estimate of drug-likeness (QED) is 0.669. The largest absolute Gasteiger partial charge is 0.459 e. The average molecular weight is 359 g/mol. The highest BCUT2D eigenvalue weighted by atomic mass is 32.2. The number of amides is 2. The Labute approximate surface area is 151 Å². The molecule has 7 heteroatoms. The fraction of sp³-hybridized carbons (Fsp3) is 0.333. The summed E-state index contributed by atoms with van der Waals surface area (Å²) in [4.78, 5) is 29.4. The number of rotatable bonds is 4. The van der Waals surface area contributed by atoms with Crippen LogP contribution in [0.3, 0.4) is 0 Å². The first-order valence-corrected chi connectivity index (χ1v) is 9.06. The summed E-state index contributed by atoms with van der Waals surface area (Å²) in [6.45, 7) is 4.02. The van der Waals surface area contributed by atoms with Gasteiger partial charge < -0.3 is 20.0 Å². The molecule has 2 N–H and O–H groups in total. The van der Waals surface area contributed by atoms with Crippen LogP contribution in [-0.4, -0.2) is 53.0 Å². The normalized spacial score (nSPS) is 15.9. The van der Waals surface area contributed by atoms with Gasteiger partial charge in [0.15, 0.2) is 5.76 Å². The lowest BCUT2D eigenvalue weighted by atomic mass is 10.2. The van der Waals surface area contributed by atoms with Crippen molar-refractivity contribution in [2.24, 2.45) is 0 Å². The van der Waals surface area contributed by atoms with Crippen LogP contribution < -0.4 is 5.73 Å². The molecule has 0 aliphatic carbocycles. The van der Waals surface area contributed by atoms with Gasteiger partial charge in [0.05, 0.1) is 11.5 Å². The first kappa shape index (κ1) is 17.4. The molecule has 0 spiro atoms. The molecule has 0 radical (unpaired) electrons. The second-order valence-electron chi connectivity index (χ2n) is 5.92. The Morgan fingerprint density at radius 1 is 1.08 bits per heavy atom. The molecule has 132 valence electrons. The van der Waals surface area contributed by atoms with Crippen LogP contribution in [-0.2, 0) is 4.79 Å². The van der Waals surface area contributed by atoms with Crippen LogP contribution in [0.25, 0.3) is 0 Å². The maximum atomic E-state index is 12.6. The Morgan fingerprint density at radius 2 is 1.72 bits per heavy atom. The zero-order valence-electron chi connectivity index (χ0n) is 14.1. The number of nitrogens with two attached hydrogens (primary N) is 1. The number of nitrogens with zero attached hydrogens (tertiary/aromatic N) is 2. The van der Waals surface area contributed by atoms with Gasteiger partial charge in [-0.3, -0.25) is 9.59 Å². The Balaban J connectivity index is 1.52. The van der Waals surface area contributed by atoms with Gasteiger partial charge in [0.2, 0.25) is 5.91 Å². The SMILES string of the molecule is CC(Sc1ccc(N)cc1)C(=O)N1CCN(C(=O)c2ccco2)CC1. The van der Waals surface area contributed by atoms with Gasteiger partial charge in [0.25, 0.3) is 5.91 Å². The third-order valence-corrected chi connectivity index (χ3v) is 5.25. The summed E-state index contributed by atoms with van der Waals surface area (Å²) in [5.41, 5.74) is 6.39.